The van der Waals surface area contributed by atoms with Gasteiger partial charge < -0.3 is 20.5 Å². The third-order valence-corrected chi connectivity index (χ3v) is 6.15. The Kier molecular flexibility index (Phi) is 5.78. The van der Waals surface area contributed by atoms with Crippen LogP contribution in [0.1, 0.15) is 38.1 Å². The summed E-state index contributed by atoms with van der Waals surface area (Å²) < 4.78 is 49.2. The SMILES string of the molecule is OC1CCC(NC2N=c3c(nc(Nc4c(F)cc(F)cc4F)n3C3CCOC3)=CN2)CC1. The minimum absolute atomic E-state index is 0.110. The number of hydrogen-bond donors (Lipinski definition) is 4. The molecule has 3 heterocycles. The van der Waals surface area contributed by atoms with Crippen molar-refractivity contribution in [2.45, 2.75) is 56.6 Å². The molecule has 0 bridgehead atoms. The van der Waals surface area contributed by atoms with Gasteiger partial charge in [0.2, 0.25) is 5.95 Å². The summed E-state index contributed by atoms with van der Waals surface area (Å²) in [7, 11) is 0. The highest BCUT2D eigenvalue weighted by molar-refractivity contribution is 5.56. The van der Waals surface area contributed by atoms with Crippen LogP contribution in [0, 0.1) is 17.5 Å². The van der Waals surface area contributed by atoms with Crippen LogP contribution < -0.4 is 26.8 Å². The topological polar surface area (TPSA) is 95.7 Å². The van der Waals surface area contributed by atoms with Gasteiger partial charge in [0.15, 0.2) is 23.4 Å². The molecule has 5 rings (SSSR count). The zero-order chi connectivity index (χ0) is 22.2. The summed E-state index contributed by atoms with van der Waals surface area (Å²) in [6, 6.07) is 1.36. The molecule has 0 radical (unpaired) electrons. The van der Waals surface area contributed by atoms with E-state index >= 15 is 0 Å². The monoisotopic (exact) mass is 450 g/mol. The molecule has 1 saturated carbocycles. The first-order chi connectivity index (χ1) is 15.5. The first-order valence-corrected chi connectivity index (χ1v) is 10.8. The lowest BCUT2D eigenvalue weighted by molar-refractivity contribution is 0.113. The normalized spacial score (nSPS) is 27.2. The number of nitrogens with zero attached hydrogens (tertiary/aromatic N) is 3. The molecular formula is C21H25F3N6O2. The standard InChI is InChI=1S/C21H25F3N6O2/c22-11-7-15(23)18(16(24)8-11)28-21-27-17-9-25-20(26-12-1-3-14(31)4-2-12)29-19(17)30(21)13-5-6-32-10-13/h7-9,12-14,20,25-26,31H,1-6,10H2,(H,27,28). The maximum absolute atomic E-state index is 14.3. The lowest BCUT2D eigenvalue weighted by Gasteiger charge is -2.29. The number of aliphatic hydroxyl groups excluding tert-OH is 1. The Morgan fingerprint density at radius 2 is 1.84 bits per heavy atom. The maximum Gasteiger partial charge on any atom is 0.210 e. The number of anilines is 2. The summed E-state index contributed by atoms with van der Waals surface area (Å²) in [5.74, 6) is -2.88. The van der Waals surface area contributed by atoms with Crippen LogP contribution in [0.3, 0.4) is 0 Å². The molecule has 1 aromatic carbocycles. The fourth-order valence-corrected chi connectivity index (χ4v) is 4.47. The molecule has 2 fully saturated rings. The summed E-state index contributed by atoms with van der Waals surface area (Å²) in [6.45, 7) is 0.984. The average molecular weight is 450 g/mol. The molecule has 4 N–H and O–H groups in total. The Labute approximate surface area is 182 Å². The van der Waals surface area contributed by atoms with Crippen LogP contribution in [-0.4, -0.2) is 46.3 Å². The smallest absolute Gasteiger partial charge is 0.210 e. The van der Waals surface area contributed by atoms with Gasteiger partial charge in [-0.1, -0.05) is 0 Å². The van der Waals surface area contributed by atoms with E-state index in [4.69, 9.17) is 9.73 Å². The second-order valence-electron chi connectivity index (χ2n) is 8.42. The van der Waals surface area contributed by atoms with E-state index in [1.165, 1.54) is 0 Å². The van der Waals surface area contributed by atoms with Gasteiger partial charge in [-0.05, 0) is 32.1 Å². The lowest BCUT2D eigenvalue weighted by Crippen LogP contribution is -2.52. The largest absolute Gasteiger partial charge is 0.393 e. The molecule has 2 aromatic rings. The summed E-state index contributed by atoms with van der Waals surface area (Å²) in [4.78, 5) is 9.25. The van der Waals surface area contributed by atoms with Crippen LogP contribution in [0.15, 0.2) is 17.1 Å². The van der Waals surface area contributed by atoms with Gasteiger partial charge in [0.1, 0.15) is 16.9 Å². The molecule has 0 spiro atoms. The van der Waals surface area contributed by atoms with Crippen LogP contribution in [0.2, 0.25) is 0 Å². The number of nitrogens with one attached hydrogen (secondary N) is 3. The lowest BCUT2D eigenvalue weighted by atomic mass is 9.93. The predicted molar refractivity (Wildman–Crippen MR) is 110 cm³/mol. The zero-order valence-corrected chi connectivity index (χ0v) is 17.3. The van der Waals surface area contributed by atoms with Crippen molar-refractivity contribution in [3.05, 3.63) is 40.4 Å². The number of ether oxygens (including phenoxy) is 1. The molecule has 1 aliphatic carbocycles. The van der Waals surface area contributed by atoms with Gasteiger partial charge in [0.25, 0.3) is 0 Å². The van der Waals surface area contributed by atoms with Crippen LogP contribution in [0.25, 0.3) is 6.20 Å². The van der Waals surface area contributed by atoms with Gasteiger partial charge in [-0.15, -0.1) is 0 Å². The van der Waals surface area contributed by atoms with Gasteiger partial charge in [-0.25, -0.2) is 23.1 Å². The Bertz CT molecular complexity index is 1090. The number of rotatable bonds is 5. The maximum atomic E-state index is 14.3. The van der Waals surface area contributed by atoms with Gasteiger partial charge >= 0.3 is 0 Å². The van der Waals surface area contributed by atoms with Crippen molar-refractivity contribution >= 4 is 17.8 Å². The summed E-state index contributed by atoms with van der Waals surface area (Å²) >= 11 is 0. The first-order valence-electron chi connectivity index (χ1n) is 10.8. The van der Waals surface area contributed by atoms with Crippen LogP contribution in [-0.2, 0) is 4.74 Å². The fraction of sp³-hybridized carbons (Fsp3) is 0.524. The van der Waals surface area contributed by atoms with Gasteiger partial charge in [0, 0.05) is 31.0 Å². The molecule has 3 aliphatic rings. The third kappa shape index (κ3) is 4.19. The van der Waals surface area contributed by atoms with Crippen LogP contribution >= 0.6 is 0 Å². The molecule has 1 saturated heterocycles. The number of halogens is 3. The summed E-state index contributed by atoms with van der Waals surface area (Å²) in [5, 5.41) is 19.6. The Balaban J connectivity index is 1.48. The van der Waals surface area contributed by atoms with E-state index in [-0.39, 0.29) is 24.1 Å². The first kappa shape index (κ1) is 21.2. The predicted octanol–water partition coefficient (Wildman–Crippen LogP) is 1.14. The number of benzene rings is 1. The van der Waals surface area contributed by atoms with Crippen molar-refractivity contribution in [1.82, 2.24) is 20.2 Å². The molecule has 32 heavy (non-hydrogen) atoms. The van der Waals surface area contributed by atoms with E-state index in [0.717, 1.165) is 25.7 Å². The highest BCUT2D eigenvalue weighted by Crippen LogP contribution is 2.26. The molecule has 2 aliphatic heterocycles. The number of aliphatic hydroxyl groups is 1. The highest BCUT2D eigenvalue weighted by atomic mass is 19.1. The minimum atomic E-state index is -1.05. The quantitative estimate of drug-likeness (QED) is 0.546. The van der Waals surface area contributed by atoms with Crippen molar-refractivity contribution < 1.29 is 23.0 Å². The van der Waals surface area contributed by atoms with Gasteiger partial charge in [0.05, 0.1) is 18.8 Å². The fourth-order valence-electron chi connectivity index (χ4n) is 4.47. The second-order valence-corrected chi connectivity index (χ2v) is 8.42. The zero-order valence-electron chi connectivity index (χ0n) is 17.3. The van der Waals surface area contributed by atoms with E-state index in [1.807, 2.05) is 0 Å². The number of aromatic nitrogens is 2. The number of imidazole rings is 1. The Hall–Kier alpha value is -2.63. The van der Waals surface area contributed by atoms with E-state index in [9.17, 15) is 18.3 Å². The second kappa shape index (κ2) is 8.72. The van der Waals surface area contributed by atoms with Crippen molar-refractivity contribution in [2.24, 2.45) is 4.99 Å². The van der Waals surface area contributed by atoms with Crippen molar-refractivity contribution in [1.29, 1.82) is 0 Å². The molecular weight excluding hydrogens is 425 g/mol. The van der Waals surface area contributed by atoms with E-state index in [1.54, 1.807) is 10.8 Å². The van der Waals surface area contributed by atoms with Gasteiger partial charge in [-0.2, -0.15) is 0 Å². The Morgan fingerprint density at radius 3 is 2.53 bits per heavy atom. The third-order valence-electron chi connectivity index (χ3n) is 6.15. The molecule has 11 heteroatoms. The van der Waals surface area contributed by atoms with Crippen LogP contribution in [0.5, 0.6) is 0 Å². The molecule has 8 nitrogen and oxygen atoms in total. The number of fused-ring (bicyclic) bond motifs is 1. The molecule has 1 aromatic heterocycles. The Morgan fingerprint density at radius 1 is 1.09 bits per heavy atom. The summed E-state index contributed by atoms with van der Waals surface area (Å²) in [6.07, 6.45) is 4.99. The number of hydrogen-bond acceptors (Lipinski definition) is 7. The molecule has 2 unspecified atom stereocenters. The molecule has 2 atom stereocenters. The van der Waals surface area contributed by atoms with E-state index in [2.05, 4.69) is 20.9 Å². The summed E-state index contributed by atoms with van der Waals surface area (Å²) in [5.41, 5.74) is 0.0929. The van der Waals surface area contributed by atoms with Crippen molar-refractivity contribution in [3.63, 3.8) is 0 Å². The highest BCUT2D eigenvalue weighted by Gasteiger charge is 2.27. The molecule has 172 valence electrons. The van der Waals surface area contributed by atoms with Crippen LogP contribution in [0.4, 0.5) is 24.8 Å². The van der Waals surface area contributed by atoms with Crippen molar-refractivity contribution in [2.75, 3.05) is 18.5 Å². The van der Waals surface area contributed by atoms with E-state index < -0.39 is 29.4 Å². The molecule has 0 amide bonds. The van der Waals surface area contributed by atoms with Crippen molar-refractivity contribution in [3.8, 4) is 0 Å². The minimum Gasteiger partial charge on any atom is -0.393 e. The van der Waals surface area contributed by atoms with E-state index in [0.29, 0.717) is 42.6 Å². The average Bonchev–Trinajstić information content (AvgIpc) is 3.39. The van der Waals surface area contributed by atoms with Gasteiger partial charge in [-0.3, -0.25) is 9.88 Å².